The summed E-state index contributed by atoms with van der Waals surface area (Å²) in [6.07, 6.45) is 0. The summed E-state index contributed by atoms with van der Waals surface area (Å²) in [5.41, 5.74) is 2.20. The predicted octanol–water partition coefficient (Wildman–Crippen LogP) is 5.17. The van der Waals surface area contributed by atoms with E-state index in [1.807, 2.05) is 42.5 Å². The van der Waals surface area contributed by atoms with Crippen molar-refractivity contribution in [3.8, 4) is 0 Å². The molecule has 0 saturated carbocycles. The quantitative estimate of drug-likeness (QED) is 0.808. The molecule has 0 spiro atoms. The normalized spacial score (nSPS) is 12.2. The number of hydrogen-bond acceptors (Lipinski definition) is 1. The zero-order valence-corrected chi connectivity index (χ0v) is 11.0. The highest BCUT2D eigenvalue weighted by Gasteiger charge is 2.05. The van der Waals surface area contributed by atoms with Gasteiger partial charge in [0.2, 0.25) is 0 Å². The fourth-order valence-corrected chi connectivity index (χ4v) is 1.98. The first kappa shape index (κ1) is 12.3. The minimum absolute atomic E-state index is 0.204. The van der Waals surface area contributed by atoms with Gasteiger partial charge in [-0.2, -0.15) is 0 Å². The highest BCUT2D eigenvalue weighted by Crippen LogP contribution is 2.22. The highest BCUT2D eigenvalue weighted by atomic mass is 35.5. The summed E-state index contributed by atoms with van der Waals surface area (Å²) in [6.45, 7) is 2.10. The second-order valence-electron chi connectivity index (χ2n) is 3.93. The first-order chi connectivity index (χ1) is 8.15. The van der Waals surface area contributed by atoms with Gasteiger partial charge in [0.25, 0.3) is 0 Å². The second kappa shape index (κ2) is 5.44. The standard InChI is InChI=1S/C14H13Cl2N/c1-10(11-3-2-4-13(16)9-11)17-14-7-5-12(15)6-8-14/h2-10,17H,1H3. The lowest BCUT2D eigenvalue weighted by Gasteiger charge is -2.16. The van der Waals surface area contributed by atoms with Crippen LogP contribution in [0, 0.1) is 0 Å². The lowest BCUT2D eigenvalue weighted by molar-refractivity contribution is 0.885. The molecule has 17 heavy (non-hydrogen) atoms. The predicted molar refractivity (Wildman–Crippen MR) is 74.9 cm³/mol. The maximum atomic E-state index is 5.97. The van der Waals surface area contributed by atoms with Crippen LogP contribution < -0.4 is 5.32 Å². The Labute approximate surface area is 111 Å². The van der Waals surface area contributed by atoms with Gasteiger partial charge in [-0.1, -0.05) is 35.3 Å². The first-order valence-electron chi connectivity index (χ1n) is 5.43. The fourth-order valence-electron chi connectivity index (χ4n) is 1.66. The molecule has 0 aromatic heterocycles. The van der Waals surface area contributed by atoms with E-state index in [0.29, 0.717) is 0 Å². The van der Waals surface area contributed by atoms with Crippen LogP contribution in [0.15, 0.2) is 48.5 Å². The van der Waals surface area contributed by atoms with Crippen molar-refractivity contribution in [2.24, 2.45) is 0 Å². The van der Waals surface area contributed by atoms with Crippen molar-refractivity contribution in [1.82, 2.24) is 0 Å². The maximum Gasteiger partial charge on any atom is 0.0486 e. The Morgan fingerprint density at radius 1 is 0.941 bits per heavy atom. The molecule has 0 heterocycles. The van der Waals surface area contributed by atoms with Crippen LogP contribution in [0.25, 0.3) is 0 Å². The number of benzene rings is 2. The van der Waals surface area contributed by atoms with E-state index in [4.69, 9.17) is 23.2 Å². The van der Waals surface area contributed by atoms with Crippen molar-refractivity contribution in [1.29, 1.82) is 0 Å². The zero-order chi connectivity index (χ0) is 12.3. The molecule has 1 atom stereocenters. The molecule has 1 unspecified atom stereocenters. The summed E-state index contributed by atoms with van der Waals surface area (Å²) in [5.74, 6) is 0. The second-order valence-corrected chi connectivity index (χ2v) is 4.80. The van der Waals surface area contributed by atoms with Gasteiger partial charge in [-0.15, -0.1) is 0 Å². The summed E-state index contributed by atoms with van der Waals surface area (Å²) in [6, 6.07) is 15.7. The van der Waals surface area contributed by atoms with Crippen LogP contribution >= 0.6 is 23.2 Å². The summed E-state index contributed by atoms with van der Waals surface area (Å²) in [7, 11) is 0. The molecule has 2 aromatic rings. The first-order valence-corrected chi connectivity index (χ1v) is 6.18. The Kier molecular flexibility index (Phi) is 3.93. The Balaban J connectivity index is 2.11. The molecule has 2 aromatic carbocycles. The average molecular weight is 266 g/mol. The van der Waals surface area contributed by atoms with Crippen LogP contribution in [-0.2, 0) is 0 Å². The highest BCUT2D eigenvalue weighted by molar-refractivity contribution is 6.30. The van der Waals surface area contributed by atoms with Crippen molar-refractivity contribution >= 4 is 28.9 Å². The van der Waals surface area contributed by atoms with Crippen LogP contribution in [-0.4, -0.2) is 0 Å². The van der Waals surface area contributed by atoms with Crippen molar-refractivity contribution < 1.29 is 0 Å². The van der Waals surface area contributed by atoms with Gasteiger partial charge in [0.15, 0.2) is 0 Å². The molecule has 0 bridgehead atoms. The van der Waals surface area contributed by atoms with Gasteiger partial charge < -0.3 is 5.32 Å². The smallest absolute Gasteiger partial charge is 0.0486 e. The van der Waals surface area contributed by atoms with Gasteiger partial charge in [0, 0.05) is 21.8 Å². The molecule has 0 aliphatic carbocycles. The van der Waals surface area contributed by atoms with E-state index in [1.165, 1.54) is 0 Å². The lowest BCUT2D eigenvalue weighted by Crippen LogP contribution is -2.06. The molecule has 0 saturated heterocycles. The van der Waals surface area contributed by atoms with Crippen molar-refractivity contribution in [3.05, 3.63) is 64.1 Å². The fraction of sp³-hybridized carbons (Fsp3) is 0.143. The molecule has 3 heteroatoms. The Hall–Kier alpha value is -1.18. The van der Waals surface area contributed by atoms with E-state index in [-0.39, 0.29) is 6.04 Å². The minimum Gasteiger partial charge on any atom is -0.379 e. The van der Waals surface area contributed by atoms with Crippen LogP contribution in [0.4, 0.5) is 5.69 Å². The van der Waals surface area contributed by atoms with E-state index in [0.717, 1.165) is 21.3 Å². The zero-order valence-electron chi connectivity index (χ0n) is 9.45. The molecule has 2 rings (SSSR count). The van der Waals surface area contributed by atoms with E-state index < -0.39 is 0 Å². The Morgan fingerprint density at radius 2 is 1.65 bits per heavy atom. The molecule has 88 valence electrons. The summed E-state index contributed by atoms with van der Waals surface area (Å²) < 4.78 is 0. The van der Waals surface area contributed by atoms with Gasteiger partial charge in [0.05, 0.1) is 0 Å². The Bertz CT molecular complexity index is 494. The monoisotopic (exact) mass is 265 g/mol. The third kappa shape index (κ3) is 3.39. The van der Waals surface area contributed by atoms with Crippen LogP contribution in [0.1, 0.15) is 18.5 Å². The number of hydrogen-bond donors (Lipinski definition) is 1. The van der Waals surface area contributed by atoms with Gasteiger partial charge >= 0.3 is 0 Å². The molecule has 0 aliphatic heterocycles. The maximum absolute atomic E-state index is 5.97. The van der Waals surface area contributed by atoms with E-state index in [9.17, 15) is 0 Å². The molecule has 0 aliphatic rings. The number of halogens is 2. The van der Waals surface area contributed by atoms with Gasteiger partial charge in [0.1, 0.15) is 0 Å². The van der Waals surface area contributed by atoms with E-state index in [1.54, 1.807) is 0 Å². The number of anilines is 1. The number of rotatable bonds is 3. The molecule has 1 nitrogen and oxygen atoms in total. The van der Waals surface area contributed by atoms with Gasteiger partial charge in [-0.25, -0.2) is 0 Å². The van der Waals surface area contributed by atoms with Crippen molar-refractivity contribution in [2.75, 3.05) is 5.32 Å². The largest absolute Gasteiger partial charge is 0.379 e. The summed E-state index contributed by atoms with van der Waals surface area (Å²) in [5, 5.41) is 4.89. The van der Waals surface area contributed by atoms with Gasteiger partial charge in [-0.05, 0) is 48.9 Å². The molecular weight excluding hydrogens is 253 g/mol. The topological polar surface area (TPSA) is 12.0 Å². The van der Waals surface area contributed by atoms with Crippen LogP contribution in [0.5, 0.6) is 0 Å². The minimum atomic E-state index is 0.204. The van der Waals surface area contributed by atoms with E-state index >= 15 is 0 Å². The molecule has 0 radical (unpaired) electrons. The van der Waals surface area contributed by atoms with Crippen molar-refractivity contribution in [3.63, 3.8) is 0 Å². The Morgan fingerprint density at radius 3 is 2.29 bits per heavy atom. The molecule has 0 fully saturated rings. The third-order valence-corrected chi connectivity index (χ3v) is 3.06. The molecular formula is C14H13Cl2N. The number of nitrogens with one attached hydrogen (secondary N) is 1. The van der Waals surface area contributed by atoms with E-state index in [2.05, 4.69) is 18.3 Å². The summed E-state index contributed by atoms with van der Waals surface area (Å²) in [4.78, 5) is 0. The molecule has 1 N–H and O–H groups in total. The van der Waals surface area contributed by atoms with Crippen LogP contribution in [0.2, 0.25) is 10.0 Å². The average Bonchev–Trinajstić information content (AvgIpc) is 2.32. The summed E-state index contributed by atoms with van der Waals surface area (Å²) >= 11 is 11.8. The van der Waals surface area contributed by atoms with Crippen LogP contribution in [0.3, 0.4) is 0 Å². The molecule has 0 amide bonds. The third-order valence-electron chi connectivity index (χ3n) is 2.58. The lowest BCUT2D eigenvalue weighted by atomic mass is 10.1. The van der Waals surface area contributed by atoms with Crippen molar-refractivity contribution in [2.45, 2.75) is 13.0 Å². The SMILES string of the molecule is CC(Nc1ccc(Cl)cc1)c1cccc(Cl)c1. The van der Waals surface area contributed by atoms with Gasteiger partial charge in [-0.3, -0.25) is 0 Å².